The minimum Gasteiger partial charge on any atom is -0.274 e. The molecule has 5 nitrogen and oxygen atoms in total. The van der Waals surface area contributed by atoms with Crippen LogP contribution in [0.5, 0.6) is 0 Å². The van der Waals surface area contributed by atoms with Crippen molar-refractivity contribution in [2.24, 2.45) is 0 Å². The van der Waals surface area contributed by atoms with Crippen LogP contribution in [0, 0.1) is 0 Å². The topological polar surface area (TPSA) is 64.1 Å². The molecule has 1 rings (SSSR count). The van der Waals surface area contributed by atoms with Gasteiger partial charge in [0.1, 0.15) is 4.88 Å². The van der Waals surface area contributed by atoms with Gasteiger partial charge in [-0.25, -0.2) is 5.48 Å². The van der Waals surface area contributed by atoms with E-state index in [0.29, 0.717) is 17.2 Å². The molecule has 0 radical (unpaired) electrons. The lowest BCUT2D eigenvalue weighted by Crippen LogP contribution is -2.23. The molecule has 0 unspecified atom stereocenters. The monoisotopic (exact) mass is 215 g/mol. The van der Waals surface area contributed by atoms with Crippen LogP contribution in [0.1, 0.15) is 42.1 Å². The molecule has 0 aliphatic carbocycles. The Morgan fingerprint density at radius 3 is 2.93 bits per heavy atom. The molecule has 1 N–H and O–H groups in total. The number of nitrogens with zero attached hydrogens (tertiary/aromatic N) is 2. The van der Waals surface area contributed by atoms with Gasteiger partial charge in [0, 0.05) is 0 Å². The summed E-state index contributed by atoms with van der Waals surface area (Å²) < 4.78 is 3.75. The van der Waals surface area contributed by atoms with Gasteiger partial charge in [-0.05, 0) is 24.4 Å². The van der Waals surface area contributed by atoms with Crippen LogP contribution in [0.15, 0.2) is 0 Å². The zero-order chi connectivity index (χ0) is 10.6. The zero-order valence-corrected chi connectivity index (χ0v) is 9.22. The van der Waals surface area contributed by atoms with E-state index in [1.54, 1.807) is 6.92 Å². The maximum atomic E-state index is 11.5. The SMILES string of the molecule is CCONC(=O)c1snnc1C(C)C. The van der Waals surface area contributed by atoms with Crippen LogP contribution in [0.2, 0.25) is 0 Å². The molecule has 0 saturated carbocycles. The van der Waals surface area contributed by atoms with E-state index in [-0.39, 0.29) is 11.8 Å². The second-order valence-electron chi connectivity index (χ2n) is 3.01. The first-order chi connectivity index (χ1) is 6.66. The fourth-order valence-corrected chi connectivity index (χ4v) is 1.62. The molecule has 6 heteroatoms. The van der Waals surface area contributed by atoms with Gasteiger partial charge in [-0.1, -0.05) is 18.3 Å². The van der Waals surface area contributed by atoms with Crippen molar-refractivity contribution in [1.29, 1.82) is 0 Å². The summed E-state index contributed by atoms with van der Waals surface area (Å²) in [6, 6.07) is 0. The molecule has 0 saturated heterocycles. The van der Waals surface area contributed by atoms with Crippen molar-refractivity contribution in [2.75, 3.05) is 6.61 Å². The third-order valence-electron chi connectivity index (χ3n) is 1.58. The lowest BCUT2D eigenvalue weighted by Gasteiger charge is -2.04. The van der Waals surface area contributed by atoms with Crippen LogP contribution in [0.3, 0.4) is 0 Å². The van der Waals surface area contributed by atoms with Crippen molar-refractivity contribution >= 4 is 17.4 Å². The standard InChI is InChI=1S/C8H13N3O2S/c1-4-13-10-8(12)7-6(5(2)3)9-11-14-7/h5H,4H2,1-3H3,(H,10,12). The van der Waals surface area contributed by atoms with E-state index in [9.17, 15) is 4.79 Å². The molecule has 1 amide bonds. The van der Waals surface area contributed by atoms with E-state index in [2.05, 4.69) is 15.1 Å². The Hall–Kier alpha value is -1.01. The molecule has 78 valence electrons. The normalized spacial score (nSPS) is 10.6. The van der Waals surface area contributed by atoms with E-state index in [4.69, 9.17) is 4.84 Å². The highest BCUT2D eigenvalue weighted by Crippen LogP contribution is 2.19. The zero-order valence-electron chi connectivity index (χ0n) is 8.40. The number of hydroxylamine groups is 1. The highest BCUT2D eigenvalue weighted by atomic mass is 32.1. The van der Waals surface area contributed by atoms with Crippen LogP contribution in [0.25, 0.3) is 0 Å². The third kappa shape index (κ3) is 2.49. The van der Waals surface area contributed by atoms with Crippen molar-refractivity contribution < 1.29 is 9.63 Å². The van der Waals surface area contributed by atoms with Crippen molar-refractivity contribution in [3.63, 3.8) is 0 Å². The van der Waals surface area contributed by atoms with Crippen LogP contribution in [-0.4, -0.2) is 22.1 Å². The Morgan fingerprint density at radius 1 is 1.64 bits per heavy atom. The minimum absolute atomic E-state index is 0.191. The predicted molar refractivity (Wildman–Crippen MR) is 53.1 cm³/mol. The van der Waals surface area contributed by atoms with E-state index in [1.165, 1.54) is 0 Å². The molecular formula is C8H13N3O2S. The first-order valence-corrected chi connectivity index (χ1v) is 5.18. The summed E-state index contributed by atoms with van der Waals surface area (Å²) in [6.07, 6.45) is 0. The number of hydrogen-bond donors (Lipinski definition) is 1. The van der Waals surface area contributed by atoms with Crippen LogP contribution >= 0.6 is 11.5 Å². The fraction of sp³-hybridized carbons (Fsp3) is 0.625. The highest BCUT2D eigenvalue weighted by molar-refractivity contribution is 7.08. The Kier molecular flexibility index (Phi) is 3.97. The van der Waals surface area contributed by atoms with Crippen LogP contribution in [0.4, 0.5) is 0 Å². The number of amides is 1. The Labute approximate surface area is 86.6 Å². The molecule has 0 spiro atoms. The van der Waals surface area contributed by atoms with Crippen molar-refractivity contribution in [3.8, 4) is 0 Å². The minimum atomic E-state index is -0.273. The molecule has 1 heterocycles. The van der Waals surface area contributed by atoms with E-state index in [0.717, 1.165) is 11.5 Å². The molecule has 0 atom stereocenters. The lowest BCUT2D eigenvalue weighted by atomic mass is 10.1. The summed E-state index contributed by atoms with van der Waals surface area (Å²) in [5.74, 6) is -0.0818. The number of hydrogen-bond acceptors (Lipinski definition) is 5. The highest BCUT2D eigenvalue weighted by Gasteiger charge is 2.18. The number of carbonyl (C=O) groups is 1. The van der Waals surface area contributed by atoms with E-state index < -0.39 is 0 Å². The second-order valence-corrected chi connectivity index (χ2v) is 3.76. The molecule has 14 heavy (non-hydrogen) atoms. The average Bonchev–Trinajstić information content (AvgIpc) is 2.62. The van der Waals surface area contributed by atoms with Gasteiger partial charge >= 0.3 is 0 Å². The first-order valence-electron chi connectivity index (χ1n) is 4.41. The summed E-state index contributed by atoms with van der Waals surface area (Å²) in [7, 11) is 0. The fourth-order valence-electron chi connectivity index (χ4n) is 0.917. The van der Waals surface area contributed by atoms with Crippen LogP contribution < -0.4 is 5.48 Å². The quantitative estimate of drug-likeness (QED) is 0.770. The van der Waals surface area contributed by atoms with Gasteiger partial charge in [0.05, 0.1) is 12.3 Å². The summed E-state index contributed by atoms with van der Waals surface area (Å²) in [6.45, 7) is 6.17. The van der Waals surface area contributed by atoms with E-state index >= 15 is 0 Å². The van der Waals surface area contributed by atoms with Crippen LogP contribution in [-0.2, 0) is 4.84 Å². The molecule has 0 bridgehead atoms. The van der Waals surface area contributed by atoms with Crippen molar-refractivity contribution in [2.45, 2.75) is 26.7 Å². The molecular weight excluding hydrogens is 202 g/mol. The maximum Gasteiger partial charge on any atom is 0.288 e. The van der Waals surface area contributed by atoms with Gasteiger partial charge in [-0.15, -0.1) is 5.10 Å². The molecule has 0 aromatic carbocycles. The summed E-state index contributed by atoms with van der Waals surface area (Å²) in [5, 5.41) is 3.90. The van der Waals surface area contributed by atoms with Gasteiger partial charge in [-0.3, -0.25) is 9.63 Å². The van der Waals surface area contributed by atoms with E-state index in [1.807, 2.05) is 13.8 Å². The number of carbonyl (C=O) groups excluding carboxylic acids is 1. The smallest absolute Gasteiger partial charge is 0.274 e. The molecule has 0 fully saturated rings. The summed E-state index contributed by atoms with van der Waals surface area (Å²) in [5.41, 5.74) is 3.04. The maximum absolute atomic E-state index is 11.5. The predicted octanol–water partition coefficient (Wildman–Crippen LogP) is 1.34. The Bertz CT molecular complexity index is 311. The molecule has 1 aromatic rings. The number of aromatic nitrogens is 2. The largest absolute Gasteiger partial charge is 0.288 e. The number of nitrogens with one attached hydrogen (secondary N) is 1. The van der Waals surface area contributed by atoms with Crippen molar-refractivity contribution in [1.82, 2.24) is 15.1 Å². The van der Waals surface area contributed by atoms with Gasteiger partial charge in [-0.2, -0.15) is 0 Å². The molecule has 0 aliphatic heterocycles. The molecule has 1 aromatic heterocycles. The average molecular weight is 215 g/mol. The Morgan fingerprint density at radius 2 is 2.36 bits per heavy atom. The second kappa shape index (κ2) is 5.02. The lowest BCUT2D eigenvalue weighted by molar-refractivity contribution is 0.0367. The first kappa shape index (κ1) is 11.1. The van der Waals surface area contributed by atoms with Gasteiger partial charge in [0.15, 0.2) is 0 Å². The van der Waals surface area contributed by atoms with Crippen molar-refractivity contribution in [3.05, 3.63) is 10.6 Å². The third-order valence-corrected chi connectivity index (χ3v) is 2.32. The van der Waals surface area contributed by atoms with Gasteiger partial charge in [0.2, 0.25) is 0 Å². The summed E-state index contributed by atoms with van der Waals surface area (Å²) >= 11 is 1.08. The number of rotatable bonds is 4. The Balaban J connectivity index is 2.74. The van der Waals surface area contributed by atoms with Gasteiger partial charge < -0.3 is 0 Å². The van der Waals surface area contributed by atoms with Gasteiger partial charge in [0.25, 0.3) is 5.91 Å². The molecule has 0 aliphatic rings. The summed E-state index contributed by atoms with van der Waals surface area (Å²) in [4.78, 5) is 16.8.